The van der Waals surface area contributed by atoms with Crippen molar-refractivity contribution < 1.29 is 4.74 Å². The van der Waals surface area contributed by atoms with Gasteiger partial charge in [0.1, 0.15) is 11.9 Å². The SMILES string of the molecule is CCNC1C(Oc2ccc(C)cc2Cl)CCCC1(C)C. The molecule has 0 bridgehead atoms. The highest BCUT2D eigenvalue weighted by Crippen LogP contribution is 2.38. The second-order valence-electron chi connectivity index (χ2n) is 6.51. The molecule has 1 fully saturated rings. The third kappa shape index (κ3) is 3.48. The number of hydrogen-bond acceptors (Lipinski definition) is 2. The molecule has 2 unspecified atom stereocenters. The summed E-state index contributed by atoms with van der Waals surface area (Å²) in [5.41, 5.74) is 1.42. The monoisotopic (exact) mass is 295 g/mol. The number of halogens is 1. The highest BCUT2D eigenvalue weighted by Gasteiger charge is 2.39. The summed E-state index contributed by atoms with van der Waals surface area (Å²) in [6, 6.07) is 6.38. The molecule has 0 radical (unpaired) electrons. The van der Waals surface area contributed by atoms with E-state index in [0.29, 0.717) is 11.1 Å². The second kappa shape index (κ2) is 6.36. The van der Waals surface area contributed by atoms with E-state index in [9.17, 15) is 0 Å². The number of aryl methyl sites for hydroxylation is 1. The number of nitrogens with one attached hydrogen (secondary N) is 1. The molecule has 0 saturated heterocycles. The highest BCUT2D eigenvalue weighted by molar-refractivity contribution is 6.32. The fourth-order valence-electron chi connectivity index (χ4n) is 3.20. The van der Waals surface area contributed by atoms with Crippen LogP contribution < -0.4 is 10.1 Å². The summed E-state index contributed by atoms with van der Waals surface area (Å²) in [5, 5.41) is 4.32. The second-order valence-corrected chi connectivity index (χ2v) is 6.91. The van der Waals surface area contributed by atoms with Crippen molar-refractivity contribution in [1.82, 2.24) is 5.32 Å². The molecular formula is C17H26ClNO. The van der Waals surface area contributed by atoms with Crippen molar-refractivity contribution in [1.29, 1.82) is 0 Å². The van der Waals surface area contributed by atoms with Crippen molar-refractivity contribution in [2.45, 2.75) is 59.1 Å². The predicted octanol–water partition coefficient (Wildman–Crippen LogP) is 4.58. The van der Waals surface area contributed by atoms with Gasteiger partial charge in [-0.2, -0.15) is 0 Å². The Labute approximate surface area is 127 Å². The molecule has 2 rings (SSSR count). The van der Waals surface area contributed by atoms with Crippen LogP contribution in [0.5, 0.6) is 5.75 Å². The van der Waals surface area contributed by atoms with Crippen molar-refractivity contribution in [2.24, 2.45) is 5.41 Å². The van der Waals surface area contributed by atoms with Crippen molar-refractivity contribution in [2.75, 3.05) is 6.54 Å². The zero-order chi connectivity index (χ0) is 14.8. The first-order valence-corrected chi connectivity index (χ1v) is 7.98. The molecule has 1 aliphatic carbocycles. The smallest absolute Gasteiger partial charge is 0.138 e. The van der Waals surface area contributed by atoms with Crippen LogP contribution in [0.1, 0.15) is 45.6 Å². The summed E-state index contributed by atoms with van der Waals surface area (Å²) in [5.74, 6) is 0.808. The summed E-state index contributed by atoms with van der Waals surface area (Å²) in [4.78, 5) is 0. The van der Waals surface area contributed by atoms with E-state index in [1.54, 1.807) is 0 Å². The van der Waals surface area contributed by atoms with Gasteiger partial charge in [-0.15, -0.1) is 0 Å². The van der Waals surface area contributed by atoms with Crippen LogP contribution in [0.2, 0.25) is 5.02 Å². The van der Waals surface area contributed by atoms with Crippen LogP contribution in [0.15, 0.2) is 18.2 Å². The standard InChI is InChI=1S/C17H26ClNO/c1-5-19-16-15(7-6-10-17(16,3)4)20-14-9-8-12(2)11-13(14)18/h8-9,11,15-16,19H,5-7,10H2,1-4H3. The van der Waals surface area contributed by atoms with Gasteiger partial charge in [0.15, 0.2) is 0 Å². The van der Waals surface area contributed by atoms with E-state index >= 15 is 0 Å². The lowest BCUT2D eigenvalue weighted by atomic mass is 9.71. The normalized spacial score (nSPS) is 25.4. The molecule has 0 heterocycles. The van der Waals surface area contributed by atoms with Crippen LogP contribution in [0, 0.1) is 12.3 Å². The Morgan fingerprint density at radius 1 is 1.40 bits per heavy atom. The average Bonchev–Trinajstić information content (AvgIpc) is 2.36. The van der Waals surface area contributed by atoms with Crippen LogP contribution in [-0.2, 0) is 0 Å². The molecule has 1 saturated carbocycles. The van der Waals surface area contributed by atoms with Crippen molar-refractivity contribution in [3.8, 4) is 5.75 Å². The van der Waals surface area contributed by atoms with Crippen molar-refractivity contribution in [3.05, 3.63) is 28.8 Å². The number of benzene rings is 1. The molecule has 1 aliphatic rings. The minimum Gasteiger partial charge on any atom is -0.487 e. The average molecular weight is 296 g/mol. The Morgan fingerprint density at radius 3 is 2.80 bits per heavy atom. The predicted molar refractivity (Wildman–Crippen MR) is 85.7 cm³/mol. The molecule has 1 aromatic carbocycles. The first-order valence-electron chi connectivity index (χ1n) is 7.60. The van der Waals surface area contributed by atoms with E-state index < -0.39 is 0 Å². The van der Waals surface area contributed by atoms with Gasteiger partial charge in [-0.1, -0.05) is 38.4 Å². The summed E-state index contributed by atoms with van der Waals surface area (Å²) in [6.07, 6.45) is 3.74. The first kappa shape index (κ1) is 15.7. The molecule has 2 nitrogen and oxygen atoms in total. The molecule has 1 N–H and O–H groups in total. The van der Waals surface area contributed by atoms with E-state index in [2.05, 4.69) is 32.2 Å². The van der Waals surface area contributed by atoms with Crippen molar-refractivity contribution in [3.63, 3.8) is 0 Å². The summed E-state index contributed by atoms with van der Waals surface area (Å²) >= 11 is 6.30. The minimum atomic E-state index is 0.193. The molecule has 0 spiro atoms. The third-order valence-corrected chi connectivity index (χ3v) is 4.61. The van der Waals surface area contributed by atoms with Crippen molar-refractivity contribution >= 4 is 11.6 Å². The molecule has 0 aliphatic heterocycles. The Kier molecular flexibility index (Phi) is 4.98. The third-order valence-electron chi connectivity index (χ3n) is 4.31. The van der Waals surface area contributed by atoms with E-state index in [0.717, 1.165) is 24.3 Å². The van der Waals surface area contributed by atoms with Crippen LogP contribution in [0.4, 0.5) is 0 Å². The van der Waals surface area contributed by atoms with E-state index in [1.165, 1.54) is 12.8 Å². The van der Waals surface area contributed by atoms with Gasteiger partial charge in [-0.25, -0.2) is 0 Å². The Balaban J connectivity index is 2.17. The number of ether oxygens (including phenoxy) is 1. The Hall–Kier alpha value is -0.730. The maximum absolute atomic E-state index is 6.30. The fraction of sp³-hybridized carbons (Fsp3) is 0.647. The van der Waals surface area contributed by atoms with Gasteiger partial charge in [0.2, 0.25) is 0 Å². The lowest BCUT2D eigenvalue weighted by molar-refractivity contribution is 0.0373. The van der Waals surface area contributed by atoms with Crippen LogP contribution in [0.25, 0.3) is 0 Å². The molecular weight excluding hydrogens is 270 g/mol. The summed E-state index contributed by atoms with van der Waals surface area (Å²) < 4.78 is 6.25. The Morgan fingerprint density at radius 2 is 2.15 bits per heavy atom. The zero-order valence-corrected chi connectivity index (χ0v) is 13.8. The highest BCUT2D eigenvalue weighted by atomic mass is 35.5. The largest absolute Gasteiger partial charge is 0.487 e. The molecule has 0 aromatic heterocycles. The summed E-state index contributed by atoms with van der Waals surface area (Å²) in [7, 11) is 0. The maximum Gasteiger partial charge on any atom is 0.138 e. The minimum absolute atomic E-state index is 0.193. The van der Waals surface area contributed by atoms with E-state index in [1.807, 2.05) is 19.1 Å². The lowest BCUT2D eigenvalue weighted by Gasteiger charge is -2.44. The first-order chi connectivity index (χ1) is 9.44. The van der Waals surface area contributed by atoms with Gasteiger partial charge in [0, 0.05) is 6.04 Å². The molecule has 1 aromatic rings. The number of likely N-dealkylation sites (N-methyl/N-ethyl adjacent to an activating group) is 1. The van der Waals surface area contributed by atoms with Gasteiger partial charge < -0.3 is 10.1 Å². The molecule has 20 heavy (non-hydrogen) atoms. The molecule has 2 atom stereocenters. The van der Waals surface area contributed by atoms with Crippen LogP contribution in [-0.4, -0.2) is 18.7 Å². The van der Waals surface area contributed by atoms with Gasteiger partial charge >= 0.3 is 0 Å². The van der Waals surface area contributed by atoms with E-state index in [-0.39, 0.29) is 11.5 Å². The number of hydrogen-bond donors (Lipinski definition) is 1. The molecule has 0 amide bonds. The Bertz CT molecular complexity index is 458. The molecule has 112 valence electrons. The number of rotatable bonds is 4. The lowest BCUT2D eigenvalue weighted by Crippen LogP contribution is -2.54. The van der Waals surface area contributed by atoms with Crippen LogP contribution in [0.3, 0.4) is 0 Å². The maximum atomic E-state index is 6.30. The van der Waals surface area contributed by atoms with Gasteiger partial charge in [0.05, 0.1) is 5.02 Å². The van der Waals surface area contributed by atoms with Crippen LogP contribution >= 0.6 is 11.6 Å². The van der Waals surface area contributed by atoms with Gasteiger partial charge in [0.25, 0.3) is 0 Å². The zero-order valence-electron chi connectivity index (χ0n) is 13.0. The topological polar surface area (TPSA) is 21.3 Å². The quantitative estimate of drug-likeness (QED) is 0.877. The van der Waals surface area contributed by atoms with E-state index in [4.69, 9.17) is 16.3 Å². The molecule has 3 heteroatoms. The van der Waals surface area contributed by atoms with Gasteiger partial charge in [-0.3, -0.25) is 0 Å². The summed E-state index contributed by atoms with van der Waals surface area (Å²) in [6.45, 7) is 9.82. The van der Waals surface area contributed by atoms with Gasteiger partial charge in [-0.05, 0) is 55.8 Å². The fourth-order valence-corrected chi connectivity index (χ4v) is 3.48.